The topological polar surface area (TPSA) is 66.9 Å². The van der Waals surface area contributed by atoms with Gasteiger partial charge in [0.15, 0.2) is 0 Å². The van der Waals surface area contributed by atoms with Gasteiger partial charge in [0, 0.05) is 28.3 Å². The van der Waals surface area contributed by atoms with Crippen LogP contribution in [-0.4, -0.2) is 22.4 Å². The number of carbonyl (C=O) groups is 1. The first-order valence-electron chi connectivity index (χ1n) is 7.85. The fourth-order valence-corrected chi connectivity index (χ4v) is 2.72. The number of aromatic nitrogens is 2. The molecule has 2 aromatic rings. The molecule has 0 saturated heterocycles. The van der Waals surface area contributed by atoms with E-state index in [9.17, 15) is 4.79 Å². The number of amides is 1. The third-order valence-electron chi connectivity index (χ3n) is 3.27. The molecule has 1 aromatic heterocycles. The summed E-state index contributed by atoms with van der Waals surface area (Å²) in [4.78, 5) is 20.7. The summed E-state index contributed by atoms with van der Waals surface area (Å²) < 4.78 is 0. The summed E-state index contributed by atoms with van der Waals surface area (Å²) in [5, 5.41) is 7.01. The Morgan fingerprint density at radius 2 is 1.79 bits per heavy atom. The third kappa shape index (κ3) is 5.65. The number of nitrogens with one attached hydrogen (secondary N) is 2. The second-order valence-electron chi connectivity index (χ2n) is 5.43. The van der Waals surface area contributed by atoms with E-state index in [0.29, 0.717) is 39.6 Å². The monoisotopic (exact) mass is 366 g/mol. The number of anilines is 2. The lowest BCUT2D eigenvalue weighted by Crippen LogP contribution is -2.25. The zero-order valence-corrected chi connectivity index (χ0v) is 15.2. The molecule has 24 heavy (non-hydrogen) atoms. The van der Waals surface area contributed by atoms with E-state index < -0.39 is 0 Å². The first kappa shape index (κ1) is 18.5. The van der Waals surface area contributed by atoms with Gasteiger partial charge in [-0.1, -0.05) is 43.0 Å². The molecule has 0 atom stereocenters. The van der Waals surface area contributed by atoms with Gasteiger partial charge >= 0.3 is 0 Å². The Bertz CT molecular complexity index is 701. The highest BCUT2D eigenvalue weighted by molar-refractivity contribution is 6.35. The quantitative estimate of drug-likeness (QED) is 0.693. The number of benzene rings is 1. The molecule has 1 aromatic carbocycles. The van der Waals surface area contributed by atoms with Crippen molar-refractivity contribution >= 4 is 40.6 Å². The van der Waals surface area contributed by atoms with Crippen molar-refractivity contribution in [3.05, 3.63) is 45.8 Å². The minimum Gasteiger partial charge on any atom is -0.351 e. The Hall–Kier alpha value is -1.85. The lowest BCUT2D eigenvalue weighted by Gasteiger charge is -2.10. The van der Waals surface area contributed by atoms with Gasteiger partial charge in [-0.05, 0) is 31.5 Å². The molecule has 0 bridgehead atoms. The summed E-state index contributed by atoms with van der Waals surface area (Å²) in [7, 11) is 0. The molecular formula is C17H20Cl2N4O. The molecule has 1 amide bonds. The molecule has 1 heterocycles. The smallest absolute Gasteiger partial charge is 0.270 e. The molecule has 0 spiro atoms. The van der Waals surface area contributed by atoms with E-state index in [4.69, 9.17) is 23.2 Å². The van der Waals surface area contributed by atoms with Crippen LogP contribution in [0.5, 0.6) is 0 Å². The van der Waals surface area contributed by atoms with E-state index in [2.05, 4.69) is 27.5 Å². The van der Waals surface area contributed by atoms with E-state index in [-0.39, 0.29) is 5.91 Å². The average molecular weight is 367 g/mol. The minimum atomic E-state index is -0.205. The number of rotatable bonds is 7. The van der Waals surface area contributed by atoms with Crippen LogP contribution in [0.1, 0.15) is 42.5 Å². The normalized spacial score (nSPS) is 10.5. The van der Waals surface area contributed by atoms with E-state index in [1.165, 1.54) is 0 Å². The first-order chi connectivity index (χ1) is 11.5. The Morgan fingerprint density at radius 1 is 1.08 bits per heavy atom. The highest BCUT2D eigenvalue weighted by Gasteiger charge is 2.10. The SMILES string of the molecule is CCCCCNC(=O)c1cc(Nc2cc(Cl)cc(Cl)c2)nc(C)n1. The zero-order valence-electron chi connectivity index (χ0n) is 13.7. The van der Waals surface area contributed by atoms with Crippen molar-refractivity contribution in [2.24, 2.45) is 0 Å². The molecule has 0 aliphatic carbocycles. The fraction of sp³-hybridized carbons (Fsp3) is 0.353. The van der Waals surface area contributed by atoms with Crippen molar-refractivity contribution in [2.45, 2.75) is 33.1 Å². The van der Waals surface area contributed by atoms with Crippen LogP contribution < -0.4 is 10.6 Å². The minimum absolute atomic E-state index is 0.205. The van der Waals surface area contributed by atoms with Gasteiger partial charge in [-0.15, -0.1) is 0 Å². The molecule has 2 N–H and O–H groups in total. The second-order valence-corrected chi connectivity index (χ2v) is 6.30. The molecule has 0 aliphatic heterocycles. The number of hydrogen-bond donors (Lipinski definition) is 2. The highest BCUT2D eigenvalue weighted by Crippen LogP contribution is 2.24. The molecule has 128 valence electrons. The van der Waals surface area contributed by atoms with Crippen LogP contribution in [0.15, 0.2) is 24.3 Å². The van der Waals surface area contributed by atoms with Crippen molar-refractivity contribution in [3.63, 3.8) is 0 Å². The standard InChI is InChI=1S/C17H20Cl2N4O/c1-3-4-5-6-20-17(24)15-10-16(22-11(2)21-15)23-14-8-12(18)7-13(19)9-14/h7-10H,3-6H2,1-2H3,(H,20,24)(H,21,22,23). The van der Waals surface area contributed by atoms with Crippen molar-refractivity contribution in [2.75, 3.05) is 11.9 Å². The number of unbranched alkanes of at least 4 members (excludes halogenated alkanes) is 2. The van der Waals surface area contributed by atoms with E-state index in [1.807, 2.05) is 0 Å². The zero-order chi connectivity index (χ0) is 17.5. The van der Waals surface area contributed by atoms with Gasteiger partial charge in [0.25, 0.3) is 5.91 Å². The number of carbonyl (C=O) groups excluding carboxylic acids is 1. The lowest BCUT2D eigenvalue weighted by molar-refractivity contribution is 0.0947. The summed E-state index contributed by atoms with van der Waals surface area (Å²) in [5.41, 5.74) is 1.02. The summed E-state index contributed by atoms with van der Waals surface area (Å²) in [6.45, 7) is 4.50. The van der Waals surface area contributed by atoms with Gasteiger partial charge < -0.3 is 10.6 Å². The number of aryl methyl sites for hydroxylation is 1. The van der Waals surface area contributed by atoms with Crippen molar-refractivity contribution in [1.29, 1.82) is 0 Å². The second kappa shape index (κ2) is 8.85. The maximum absolute atomic E-state index is 12.2. The molecule has 2 rings (SSSR count). The highest BCUT2D eigenvalue weighted by atomic mass is 35.5. The van der Waals surface area contributed by atoms with Crippen LogP contribution >= 0.6 is 23.2 Å². The molecule has 0 unspecified atom stereocenters. The Morgan fingerprint density at radius 3 is 2.46 bits per heavy atom. The van der Waals surface area contributed by atoms with Gasteiger partial charge in [-0.25, -0.2) is 9.97 Å². The first-order valence-corrected chi connectivity index (χ1v) is 8.60. The lowest BCUT2D eigenvalue weighted by atomic mass is 10.2. The third-order valence-corrected chi connectivity index (χ3v) is 3.71. The molecule has 0 fully saturated rings. The van der Waals surface area contributed by atoms with Crippen LogP contribution in [0.3, 0.4) is 0 Å². The number of nitrogens with zero attached hydrogens (tertiary/aromatic N) is 2. The Kier molecular flexibility index (Phi) is 6.82. The van der Waals surface area contributed by atoms with Gasteiger partial charge in [0.1, 0.15) is 17.3 Å². The van der Waals surface area contributed by atoms with Crippen LogP contribution in [0.25, 0.3) is 0 Å². The molecule has 7 heteroatoms. The maximum atomic E-state index is 12.2. The molecular weight excluding hydrogens is 347 g/mol. The summed E-state index contributed by atoms with van der Waals surface area (Å²) >= 11 is 12.0. The average Bonchev–Trinajstić information content (AvgIpc) is 2.49. The van der Waals surface area contributed by atoms with E-state index in [0.717, 1.165) is 19.3 Å². The predicted octanol–water partition coefficient (Wildman–Crippen LogP) is 4.76. The van der Waals surface area contributed by atoms with E-state index >= 15 is 0 Å². The van der Waals surface area contributed by atoms with Crippen LogP contribution in [-0.2, 0) is 0 Å². The molecule has 0 radical (unpaired) electrons. The van der Waals surface area contributed by atoms with Crippen molar-refractivity contribution in [3.8, 4) is 0 Å². The van der Waals surface area contributed by atoms with Crippen LogP contribution in [0.2, 0.25) is 10.0 Å². The van der Waals surface area contributed by atoms with E-state index in [1.54, 1.807) is 31.2 Å². The largest absolute Gasteiger partial charge is 0.351 e. The Balaban J connectivity index is 2.11. The molecule has 0 saturated carbocycles. The molecule has 5 nitrogen and oxygen atoms in total. The van der Waals surface area contributed by atoms with Gasteiger partial charge in [-0.3, -0.25) is 4.79 Å². The van der Waals surface area contributed by atoms with Gasteiger partial charge in [0.05, 0.1) is 0 Å². The van der Waals surface area contributed by atoms with Crippen molar-refractivity contribution < 1.29 is 4.79 Å². The number of hydrogen-bond acceptors (Lipinski definition) is 4. The summed E-state index contributed by atoms with van der Waals surface area (Å²) in [6.07, 6.45) is 3.16. The van der Waals surface area contributed by atoms with Crippen molar-refractivity contribution in [1.82, 2.24) is 15.3 Å². The van der Waals surface area contributed by atoms with Crippen LogP contribution in [0.4, 0.5) is 11.5 Å². The molecule has 0 aliphatic rings. The summed E-state index contributed by atoms with van der Waals surface area (Å²) in [6, 6.07) is 6.72. The predicted molar refractivity (Wildman–Crippen MR) is 98.4 cm³/mol. The fourth-order valence-electron chi connectivity index (χ4n) is 2.19. The van der Waals surface area contributed by atoms with Crippen LogP contribution in [0, 0.1) is 6.92 Å². The summed E-state index contributed by atoms with van der Waals surface area (Å²) in [5.74, 6) is 0.815. The number of halogens is 2. The van der Waals surface area contributed by atoms with Gasteiger partial charge in [-0.2, -0.15) is 0 Å². The van der Waals surface area contributed by atoms with Gasteiger partial charge in [0.2, 0.25) is 0 Å². The Labute approximate surface area is 151 Å². The maximum Gasteiger partial charge on any atom is 0.270 e.